The van der Waals surface area contributed by atoms with E-state index in [-0.39, 0.29) is 11.0 Å². The molecule has 0 radical (unpaired) electrons. The minimum atomic E-state index is -0.249. The van der Waals surface area contributed by atoms with Crippen molar-refractivity contribution in [3.63, 3.8) is 0 Å². The van der Waals surface area contributed by atoms with Crippen LogP contribution in [0.4, 0.5) is 0 Å². The topological polar surface area (TPSA) is 37.8 Å². The van der Waals surface area contributed by atoms with Gasteiger partial charge in [0.05, 0.1) is 16.9 Å². The molecule has 0 spiro atoms. The van der Waals surface area contributed by atoms with Gasteiger partial charge in [-0.3, -0.25) is 9.89 Å². The third-order valence-corrected chi connectivity index (χ3v) is 4.30. The number of para-hydroxylation sites is 1. The number of nitrogens with zero attached hydrogens (tertiary/aromatic N) is 1. The predicted molar refractivity (Wildman–Crippen MR) is 100.0 cm³/mol. The number of nitrogens with one attached hydrogen (secondary N) is 1. The van der Waals surface area contributed by atoms with Gasteiger partial charge in [0.2, 0.25) is 0 Å². The van der Waals surface area contributed by atoms with Crippen molar-refractivity contribution in [3.8, 4) is 16.9 Å². The fourth-order valence-corrected chi connectivity index (χ4v) is 3.13. The highest BCUT2D eigenvalue weighted by Gasteiger charge is 2.27. The molecule has 0 saturated carbocycles. The summed E-state index contributed by atoms with van der Waals surface area (Å²) in [7, 11) is 0. The average Bonchev–Trinajstić information content (AvgIpc) is 2.85. The second-order valence-electron chi connectivity index (χ2n) is 7.41. The molecule has 3 nitrogen and oxygen atoms in total. The van der Waals surface area contributed by atoms with Crippen LogP contribution in [0.25, 0.3) is 16.9 Å². The minimum absolute atomic E-state index is 0.0216. The van der Waals surface area contributed by atoms with E-state index in [1.165, 1.54) is 5.56 Å². The maximum Gasteiger partial charge on any atom is 0.275 e. The summed E-state index contributed by atoms with van der Waals surface area (Å²) < 4.78 is 1.67. The molecule has 1 aromatic heterocycles. The first-order chi connectivity index (χ1) is 11.3. The van der Waals surface area contributed by atoms with E-state index in [9.17, 15) is 4.79 Å². The maximum absolute atomic E-state index is 13.2. The zero-order valence-electron chi connectivity index (χ0n) is 15.0. The van der Waals surface area contributed by atoms with E-state index in [0.29, 0.717) is 0 Å². The standard InChI is InChI=1S/C21H24N2O/c1-14-9-8-11-16(13-14)19-18(21(3,4)5)20(24)23(22-19)17-12-7-6-10-15(17)2/h6-13,22H,1-5H3. The number of aromatic amines is 1. The summed E-state index contributed by atoms with van der Waals surface area (Å²) in [5, 5.41) is 3.36. The van der Waals surface area contributed by atoms with Crippen molar-refractivity contribution in [3.05, 3.63) is 75.6 Å². The number of hydrogen-bond donors (Lipinski definition) is 1. The molecular weight excluding hydrogens is 296 g/mol. The Labute approximate surface area is 143 Å². The Hall–Kier alpha value is -2.55. The number of aromatic nitrogens is 2. The van der Waals surface area contributed by atoms with Gasteiger partial charge in [-0.2, -0.15) is 0 Å². The lowest BCUT2D eigenvalue weighted by molar-refractivity contribution is 0.586. The van der Waals surface area contributed by atoms with Gasteiger partial charge in [-0.15, -0.1) is 0 Å². The van der Waals surface area contributed by atoms with E-state index in [0.717, 1.165) is 28.1 Å². The van der Waals surface area contributed by atoms with Crippen molar-refractivity contribution in [2.75, 3.05) is 0 Å². The van der Waals surface area contributed by atoms with Crippen LogP contribution in [-0.4, -0.2) is 9.78 Å². The van der Waals surface area contributed by atoms with E-state index in [1.807, 2.05) is 37.3 Å². The van der Waals surface area contributed by atoms with Crippen molar-refractivity contribution in [2.24, 2.45) is 0 Å². The van der Waals surface area contributed by atoms with Crippen molar-refractivity contribution < 1.29 is 0 Å². The van der Waals surface area contributed by atoms with Crippen LogP contribution in [0.2, 0.25) is 0 Å². The van der Waals surface area contributed by atoms with E-state index in [2.05, 4.69) is 51.0 Å². The fourth-order valence-electron chi connectivity index (χ4n) is 3.13. The van der Waals surface area contributed by atoms with Crippen LogP contribution in [-0.2, 0) is 5.41 Å². The summed E-state index contributed by atoms with van der Waals surface area (Å²) in [6.45, 7) is 10.3. The second kappa shape index (κ2) is 5.82. The first-order valence-corrected chi connectivity index (χ1v) is 8.27. The Balaban J connectivity index is 2.33. The molecule has 1 N–H and O–H groups in total. The van der Waals surface area contributed by atoms with Crippen molar-refractivity contribution in [2.45, 2.75) is 40.0 Å². The molecule has 3 aromatic rings. The van der Waals surface area contributed by atoms with Gasteiger partial charge < -0.3 is 0 Å². The van der Waals surface area contributed by atoms with Crippen molar-refractivity contribution in [1.29, 1.82) is 0 Å². The molecule has 0 aliphatic heterocycles. The van der Waals surface area contributed by atoms with Crippen LogP contribution >= 0.6 is 0 Å². The smallest absolute Gasteiger partial charge is 0.275 e. The lowest BCUT2D eigenvalue weighted by atomic mass is 9.85. The molecule has 3 heteroatoms. The molecule has 0 aliphatic carbocycles. The third-order valence-electron chi connectivity index (χ3n) is 4.30. The fraction of sp³-hybridized carbons (Fsp3) is 0.286. The molecule has 1 heterocycles. The summed E-state index contributed by atoms with van der Waals surface area (Å²) in [5.74, 6) is 0. The van der Waals surface area contributed by atoms with Crippen LogP contribution in [0, 0.1) is 13.8 Å². The van der Waals surface area contributed by atoms with Gasteiger partial charge in [0, 0.05) is 5.56 Å². The number of aryl methyl sites for hydroxylation is 2. The number of benzene rings is 2. The summed E-state index contributed by atoms with van der Waals surface area (Å²) in [4.78, 5) is 13.2. The lowest BCUT2D eigenvalue weighted by Gasteiger charge is -2.17. The molecule has 0 bridgehead atoms. The van der Waals surface area contributed by atoms with Crippen LogP contribution in [0.5, 0.6) is 0 Å². The van der Waals surface area contributed by atoms with Gasteiger partial charge in [-0.1, -0.05) is 62.7 Å². The second-order valence-corrected chi connectivity index (χ2v) is 7.41. The quantitative estimate of drug-likeness (QED) is 0.727. The molecule has 124 valence electrons. The Morgan fingerprint density at radius 1 is 0.958 bits per heavy atom. The van der Waals surface area contributed by atoms with Gasteiger partial charge in [-0.05, 0) is 37.0 Å². The summed E-state index contributed by atoms with van der Waals surface area (Å²) in [6, 6.07) is 16.2. The SMILES string of the molecule is Cc1cccc(-c2[nH]n(-c3ccccc3C)c(=O)c2C(C)(C)C)c1. The zero-order valence-corrected chi connectivity index (χ0v) is 15.0. The Kier molecular flexibility index (Phi) is 3.96. The number of hydrogen-bond acceptors (Lipinski definition) is 1. The Morgan fingerprint density at radius 3 is 2.29 bits per heavy atom. The van der Waals surface area contributed by atoms with E-state index in [1.54, 1.807) is 4.68 Å². The van der Waals surface area contributed by atoms with Crippen LogP contribution in [0.3, 0.4) is 0 Å². The first kappa shape index (κ1) is 16.3. The molecule has 2 aromatic carbocycles. The molecule has 0 aliphatic rings. The molecule has 0 unspecified atom stereocenters. The number of rotatable bonds is 2. The van der Waals surface area contributed by atoms with Gasteiger partial charge in [0.25, 0.3) is 5.56 Å². The summed E-state index contributed by atoms with van der Waals surface area (Å²) >= 11 is 0. The highest BCUT2D eigenvalue weighted by molar-refractivity contribution is 5.65. The lowest BCUT2D eigenvalue weighted by Crippen LogP contribution is -2.25. The molecule has 24 heavy (non-hydrogen) atoms. The van der Waals surface area contributed by atoms with Gasteiger partial charge in [-0.25, -0.2) is 4.68 Å². The van der Waals surface area contributed by atoms with E-state index >= 15 is 0 Å². The molecule has 0 amide bonds. The van der Waals surface area contributed by atoms with Crippen LogP contribution in [0.1, 0.15) is 37.5 Å². The Bertz CT molecular complexity index is 939. The maximum atomic E-state index is 13.2. The summed E-state index contributed by atoms with van der Waals surface area (Å²) in [6.07, 6.45) is 0. The normalized spacial score (nSPS) is 11.7. The molecule has 0 fully saturated rings. The van der Waals surface area contributed by atoms with Crippen molar-refractivity contribution in [1.82, 2.24) is 9.78 Å². The van der Waals surface area contributed by atoms with Gasteiger partial charge >= 0.3 is 0 Å². The highest BCUT2D eigenvalue weighted by Crippen LogP contribution is 2.30. The van der Waals surface area contributed by atoms with Crippen molar-refractivity contribution >= 4 is 0 Å². The predicted octanol–water partition coefficient (Wildman–Crippen LogP) is 4.75. The monoisotopic (exact) mass is 320 g/mol. The largest absolute Gasteiger partial charge is 0.290 e. The highest BCUT2D eigenvalue weighted by atomic mass is 16.1. The number of H-pyrrole nitrogens is 1. The van der Waals surface area contributed by atoms with Gasteiger partial charge in [0.1, 0.15) is 0 Å². The third kappa shape index (κ3) is 2.82. The van der Waals surface area contributed by atoms with Crippen LogP contribution < -0.4 is 5.56 Å². The van der Waals surface area contributed by atoms with E-state index < -0.39 is 0 Å². The molecular formula is C21H24N2O. The average molecular weight is 320 g/mol. The minimum Gasteiger partial charge on any atom is -0.290 e. The zero-order chi connectivity index (χ0) is 17.5. The first-order valence-electron chi connectivity index (χ1n) is 8.27. The molecule has 0 saturated heterocycles. The molecule has 0 atom stereocenters. The molecule has 3 rings (SSSR count). The van der Waals surface area contributed by atoms with Crippen LogP contribution in [0.15, 0.2) is 53.3 Å². The van der Waals surface area contributed by atoms with E-state index in [4.69, 9.17) is 0 Å². The Morgan fingerprint density at radius 2 is 1.67 bits per heavy atom. The van der Waals surface area contributed by atoms with Gasteiger partial charge in [0.15, 0.2) is 0 Å². The summed E-state index contributed by atoms with van der Waals surface area (Å²) in [5.41, 5.74) is 5.68.